The molecule has 2 amide bonds. The van der Waals surface area contributed by atoms with Gasteiger partial charge in [0.1, 0.15) is 0 Å². The van der Waals surface area contributed by atoms with Crippen molar-refractivity contribution in [3.8, 4) is 0 Å². The maximum absolute atomic E-state index is 11.8. The van der Waals surface area contributed by atoms with Crippen LogP contribution in [-0.2, 0) is 5.75 Å². The number of hydrogen-bond donors (Lipinski definition) is 2. The summed E-state index contributed by atoms with van der Waals surface area (Å²) in [5.74, 6) is 1.74. The van der Waals surface area contributed by atoms with Crippen LogP contribution in [0.5, 0.6) is 0 Å². The molecule has 1 aliphatic carbocycles. The quantitative estimate of drug-likeness (QED) is 0.711. The molecule has 2 rings (SSSR count). The maximum Gasteiger partial charge on any atom is 0.315 e. The van der Waals surface area contributed by atoms with Crippen LogP contribution in [-0.4, -0.2) is 24.4 Å². The fourth-order valence-corrected chi connectivity index (χ4v) is 3.67. The van der Waals surface area contributed by atoms with Crippen molar-refractivity contribution in [2.24, 2.45) is 0 Å². The van der Waals surface area contributed by atoms with Crippen molar-refractivity contribution in [1.29, 1.82) is 0 Å². The molecule has 6 heteroatoms. The summed E-state index contributed by atoms with van der Waals surface area (Å²) in [6, 6.07) is 6.00. The summed E-state index contributed by atoms with van der Waals surface area (Å²) < 4.78 is 0. The molecule has 1 fully saturated rings. The Morgan fingerprint density at radius 2 is 1.95 bits per heavy atom. The van der Waals surface area contributed by atoms with Crippen LogP contribution in [0.25, 0.3) is 0 Å². The Morgan fingerprint density at radius 3 is 2.68 bits per heavy atom. The smallest absolute Gasteiger partial charge is 0.315 e. The van der Waals surface area contributed by atoms with Crippen molar-refractivity contribution in [1.82, 2.24) is 10.6 Å². The zero-order chi connectivity index (χ0) is 15.8. The van der Waals surface area contributed by atoms with Gasteiger partial charge in [-0.15, -0.1) is 0 Å². The lowest BCUT2D eigenvalue weighted by Gasteiger charge is -2.22. The number of amides is 2. The molecular formula is C16H22Cl2N2OS. The highest BCUT2D eigenvalue weighted by atomic mass is 35.5. The predicted molar refractivity (Wildman–Crippen MR) is 96.0 cm³/mol. The molecule has 1 aromatic carbocycles. The Hall–Kier alpha value is -0.580. The third kappa shape index (κ3) is 6.27. The van der Waals surface area contributed by atoms with E-state index >= 15 is 0 Å². The Kier molecular flexibility index (Phi) is 7.70. The first-order valence-electron chi connectivity index (χ1n) is 7.71. The molecule has 0 radical (unpaired) electrons. The summed E-state index contributed by atoms with van der Waals surface area (Å²) in [6.07, 6.45) is 5.97. The van der Waals surface area contributed by atoms with Crippen molar-refractivity contribution >= 4 is 41.0 Å². The van der Waals surface area contributed by atoms with Gasteiger partial charge in [0.25, 0.3) is 0 Å². The molecule has 0 spiro atoms. The first kappa shape index (κ1) is 17.8. The fraction of sp³-hybridized carbons (Fsp3) is 0.562. The van der Waals surface area contributed by atoms with Crippen LogP contribution in [0.1, 0.15) is 37.7 Å². The molecule has 0 saturated heterocycles. The fourth-order valence-electron chi connectivity index (χ4n) is 2.54. The number of benzene rings is 1. The normalized spacial score (nSPS) is 15.5. The van der Waals surface area contributed by atoms with Crippen LogP contribution in [0.4, 0.5) is 4.79 Å². The van der Waals surface area contributed by atoms with E-state index in [0.29, 0.717) is 22.6 Å². The first-order chi connectivity index (χ1) is 10.6. The lowest BCUT2D eigenvalue weighted by atomic mass is 9.96. The van der Waals surface area contributed by atoms with Gasteiger partial charge in [0.05, 0.1) is 10.0 Å². The zero-order valence-electron chi connectivity index (χ0n) is 12.5. The molecular weight excluding hydrogens is 339 g/mol. The molecule has 1 saturated carbocycles. The molecule has 0 atom stereocenters. The van der Waals surface area contributed by atoms with Crippen molar-refractivity contribution in [3.63, 3.8) is 0 Å². The van der Waals surface area contributed by atoms with Gasteiger partial charge in [0.15, 0.2) is 0 Å². The van der Waals surface area contributed by atoms with Gasteiger partial charge < -0.3 is 10.6 Å². The molecule has 0 aromatic heterocycles. The molecule has 2 N–H and O–H groups in total. The van der Waals surface area contributed by atoms with Crippen molar-refractivity contribution in [3.05, 3.63) is 33.8 Å². The van der Waals surface area contributed by atoms with Gasteiger partial charge in [0.2, 0.25) is 0 Å². The summed E-state index contributed by atoms with van der Waals surface area (Å²) in [6.45, 7) is 0.671. The Morgan fingerprint density at radius 1 is 1.18 bits per heavy atom. The monoisotopic (exact) mass is 360 g/mol. The number of carbonyl (C=O) groups excluding carboxylic acids is 1. The van der Waals surface area contributed by atoms with Crippen molar-refractivity contribution in [2.45, 2.75) is 43.9 Å². The van der Waals surface area contributed by atoms with Crippen LogP contribution in [0.2, 0.25) is 10.0 Å². The highest BCUT2D eigenvalue weighted by Crippen LogP contribution is 2.24. The van der Waals surface area contributed by atoms with E-state index in [1.54, 1.807) is 11.8 Å². The van der Waals surface area contributed by atoms with E-state index in [0.717, 1.165) is 29.9 Å². The molecule has 0 bridgehead atoms. The predicted octanol–water partition coefficient (Wildman–Crippen LogP) is 4.86. The first-order valence-corrected chi connectivity index (χ1v) is 9.62. The van der Waals surface area contributed by atoms with Crippen LogP contribution < -0.4 is 10.6 Å². The number of nitrogens with one attached hydrogen (secondary N) is 2. The molecule has 1 aliphatic rings. The SMILES string of the molecule is O=C(NCCSCc1ccc(Cl)c(Cl)c1)NC1CCCCC1. The average Bonchev–Trinajstić information content (AvgIpc) is 2.51. The van der Waals surface area contributed by atoms with Gasteiger partial charge in [-0.2, -0.15) is 11.8 Å². The van der Waals surface area contributed by atoms with Crippen LogP contribution in [0, 0.1) is 0 Å². The summed E-state index contributed by atoms with van der Waals surface area (Å²) in [5.41, 5.74) is 1.14. The minimum Gasteiger partial charge on any atom is -0.337 e. The largest absolute Gasteiger partial charge is 0.337 e. The van der Waals surface area contributed by atoms with Gasteiger partial charge >= 0.3 is 6.03 Å². The molecule has 0 unspecified atom stereocenters. The standard InChI is InChI=1S/C16H22Cl2N2OS/c17-14-7-6-12(10-15(14)18)11-22-9-8-19-16(21)20-13-4-2-1-3-5-13/h6-7,10,13H,1-5,8-9,11H2,(H2,19,20,21). The number of halogens is 2. The zero-order valence-corrected chi connectivity index (χ0v) is 14.9. The van der Waals surface area contributed by atoms with Gasteiger partial charge in [-0.3, -0.25) is 0 Å². The Bertz CT molecular complexity index is 493. The lowest BCUT2D eigenvalue weighted by Crippen LogP contribution is -2.43. The number of hydrogen-bond acceptors (Lipinski definition) is 2. The summed E-state index contributed by atoms with van der Waals surface area (Å²) >= 11 is 13.6. The number of carbonyl (C=O) groups is 1. The topological polar surface area (TPSA) is 41.1 Å². The molecule has 3 nitrogen and oxygen atoms in total. The van der Waals surface area contributed by atoms with E-state index < -0.39 is 0 Å². The highest BCUT2D eigenvalue weighted by molar-refractivity contribution is 7.98. The van der Waals surface area contributed by atoms with Gasteiger partial charge in [-0.1, -0.05) is 48.5 Å². The Labute approximate surface area is 146 Å². The van der Waals surface area contributed by atoms with E-state index in [1.807, 2.05) is 18.2 Å². The van der Waals surface area contributed by atoms with Gasteiger partial charge in [0, 0.05) is 24.1 Å². The van der Waals surface area contributed by atoms with E-state index in [2.05, 4.69) is 10.6 Å². The third-order valence-corrected chi connectivity index (χ3v) is 5.49. The second kappa shape index (κ2) is 9.53. The van der Waals surface area contributed by atoms with Gasteiger partial charge in [-0.05, 0) is 30.5 Å². The van der Waals surface area contributed by atoms with E-state index in [4.69, 9.17) is 23.2 Å². The molecule has 0 heterocycles. The van der Waals surface area contributed by atoms with Crippen LogP contribution in [0.3, 0.4) is 0 Å². The molecule has 0 aliphatic heterocycles. The lowest BCUT2D eigenvalue weighted by molar-refractivity contribution is 0.233. The molecule has 1 aromatic rings. The van der Waals surface area contributed by atoms with E-state index in [-0.39, 0.29) is 6.03 Å². The second-order valence-corrected chi connectivity index (χ2v) is 7.46. The van der Waals surface area contributed by atoms with Crippen molar-refractivity contribution < 1.29 is 4.79 Å². The van der Waals surface area contributed by atoms with Crippen molar-refractivity contribution in [2.75, 3.05) is 12.3 Å². The average molecular weight is 361 g/mol. The molecule has 22 heavy (non-hydrogen) atoms. The van der Waals surface area contributed by atoms with Crippen LogP contribution >= 0.6 is 35.0 Å². The summed E-state index contributed by atoms with van der Waals surface area (Å²) in [5, 5.41) is 7.14. The highest BCUT2D eigenvalue weighted by Gasteiger charge is 2.14. The summed E-state index contributed by atoms with van der Waals surface area (Å²) in [7, 11) is 0. The van der Waals surface area contributed by atoms with Gasteiger partial charge in [-0.25, -0.2) is 4.79 Å². The second-order valence-electron chi connectivity index (χ2n) is 5.54. The number of rotatable bonds is 6. The Balaban J connectivity index is 1.56. The van der Waals surface area contributed by atoms with Crippen LogP contribution in [0.15, 0.2) is 18.2 Å². The maximum atomic E-state index is 11.8. The minimum atomic E-state index is -0.0398. The number of thioether (sulfide) groups is 1. The van der Waals surface area contributed by atoms with E-state index in [9.17, 15) is 4.79 Å². The van der Waals surface area contributed by atoms with E-state index in [1.165, 1.54) is 19.3 Å². The molecule has 122 valence electrons. The number of urea groups is 1. The third-order valence-electron chi connectivity index (χ3n) is 3.73. The minimum absolute atomic E-state index is 0.0398. The summed E-state index contributed by atoms with van der Waals surface area (Å²) in [4.78, 5) is 11.8.